The maximum atomic E-state index is 10.5. The van der Waals surface area contributed by atoms with Gasteiger partial charge in [0, 0.05) is 25.0 Å². The molecule has 1 aliphatic rings. The summed E-state index contributed by atoms with van der Waals surface area (Å²) in [4.78, 5) is 0. The summed E-state index contributed by atoms with van der Waals surface area (Å²) in [6.07, 6.45) is 9.02. The lowest BCUT2D eigenvalue weighted by molar-refractivity contribution is 0.0704. The van der Waals surface area contributed by atoms with Crippen molar-refractivity contribution in [3.63, 3.8) is 0 Å². The number of hydrogen-bond acceptors (Lipinski definition) is 6. The van der Waals surface area contributed by atoms with Crippen LogP contribution in [-0.2, 0) is 0 Å². The Morgan fingerprint density at radius 1 is 1.50 bits per heavy atom. The molecule has 0 saturated carbocycles. The van der Waals surface area contributed by atoms with Gasteiger partial charge >= 0.3 is 0 Å². The molecule has 6 nitrogen and oxygen atoms in total. The van der Waals surface area contributed by atoms with E-state index in [1.54, 1.807) is 38.2 Å². The minimum absolute atomic E-state index is 0.0127. The van der Waals surface area contributed by atoms with Gasteiger partial charge in [-0.1, -0.05) is 25.2 Å². The van der Waals surface area contributed by atoms with Crippen molar-refractivity contribution in [2.45, 2.75) is 45.9 Å². The number of nitrogens with zero attached hydrogens (tertiary/aromatic N) is 2. The Hall–Kier alpha value is -1.89. The van der Waals surface area contributed by atoms with Gasteiger partial charge in [-0.2, -0.15) is 5.10 Å². The first-order valence-corrected chi connectivity index (χ1v) is 8.17. The highest BCUT2D eigenvalue weighted by atomic mass is 16.3. The van der Waals surface area contributed by atoms with Gasteiger partial charge in [0.05, 0.1) is 23.3 Å². The van der Waals surface area contributed by atoms with Crippen molar-refractivity contribution in [2.24, 2.45) is 11.0 Å². The molecule has 6 heteroatoms. The quantitative estimate of drug-likeness (QED) is 0.577. The van der Waals surface area contributed by atoms with Crippen molar-refractivity contribution in [1.29, 1.82) is 0 Å². The zero-order valence-corrected chi connectivity index (χ0v) is 14.5. The lowest BCUT2D eigenvalue weighted by Gasteiger charge is -2.26. The Morgan fingerprint density at radius 2 is 2.21 bits per heavy atom. The fraction of sp³-hybridized carbons (Fsp3) is 0.500. The molecule has 1 aliphatic heterocycles. The monoisotopic (exact) mass is 336 g/mol. The fourth-order valence-electron chi connectivity index (χ4n) is 2.19. The van der Waals surface area contributed by atoms with Crippen molar-refractivity contribution >= 4 is 5.71 Å². The van der Waals surface area contributed by atoms with E-state index in [9.17, 15) is 20.4 Å². The molecule has 0 radical (unpaired) electrons. The second kappa shape index (κ2) is 10.1. The normalized spacial score (nSPS) is 30.4. The van der Waals surface area contributed by atoms with Gasteiger partial charge in [-0.25, -0.2) is 5.01 Å². The predicted octanol–water partition coefficient (Wildman–Crippen LogP) is 2.22. The lowest BCUT2D eigenvalue weighted by atomic mass is 10.0. The molecule has 1 rings (SSSR count). The first kappa shape index (κ1) is 20.2. The first-order chi connectivity index (χ1) is 11.4. The minimum Gasteiger partial charge on any atom is -0.512 e. The van der Waals surface area contributed by atoms with Crippen LogP contribution in [0.4, 0.5) is 0 Å². The van der Waals surface area contributed by atoms with E-state index in [0.29, 0.717) is 12.1 Å². The number of rotatable bonds is 5. The van der Waals surface area contributed by atoms with E-state index in [1.165, 1.54) is 11.1 Å². The zero-order valence-electron chi connectivity index (χ0n) is 14.5. The Kier molecular flexibility index (Phi) is 8.46. The summed E-state index contributed by atoms with van der Waals surface area (Å²) in [6, 6.07) is 0. The Bertz CT molecular complexity index is 547. The van der Waals surface area contributed by atoms with Crippen molar-refractivity contribution in [3.05, 3.63) is 47.9 Å². The molecule has 0 bridgehead atoms. The van der Waals surface area contributed by atoms with E-state index in [4.69, 9.17) is 0 Å². The predicted molar refractivity (Wildman–Crippen MR) is 95.2 cm³/mol. The molecule has 0 aromatic carbocycles. The number of aliphatic hydroxyl groups excluding tert-OH is 4. The van der Waals surface area contributed by atoms with Crippen LogP contribution in [0.1, 0.15) is 33.6 Å². The van der Waals surface area contributed by atoms with Gasteiger partial charge in [0.2, 0.25) is 0 Å². The molecule has 0 fully saturated rings. The summed E-state index contributed by atoms with van der Waals surface area (Å²) >= 11 is 0. The number of allylic oxidation sites excluding steroid dienone is 4. The fourth-order valence-corrected chi connectivity index (χ4v) is 2.19. The van der Waals surface area contributed by atoms with E-state index >= 15 is 0 Å². The summed E-state index contributed by atoms with van der Waals surface area (Å²) in [7, 11) is 0. The van der Waals surface area contributed by atoms with Crippen molar-refractivity contribution in [3.8, 4) is 0 Å². The SMILES string of the molecule is C/C=C(\C=C/C(C)O)N1/N=C(CC)\C=C\[C@@H](CO)C/C(O)=C/C1O. The third-order valence-electron chi connectivity index (χ3n) is 3.56. The van der Waals surface area contributed by atoms with Crippen molar-refractivity contribution in [1.82, 2.24) is 5.01 Å². The molecule has 0 spiro atoms. The second-order valence-corrected chi connectivity index (χ2v) is 5.68. The molecule has 0 aliphatic carbocycles. The number of hydrogen-bond donors (Lipinski definition) is 4. The molecular weight excluding hydrogens is 308 g/mol. The van der Waals surface area contributed by atoms with Crippen LogP contribution in [0.5, 0.6) is 0 Å². The Morgan fingerprint density at radius 3 is 2.75 bits per heavy atom. The van der Waals surface area contributed by atoms with Crippen LogP contribution in [0, 0.1) is 5.92 Å². The third kappa shape index (κ3) is 6.31. The van der Waals surface area contributed by atoms with E-state index in [-0.39, 0.29) is 24.7 Å². The maximum absolute atomic E-state index is 10.5. The van der Waals surface area contributed by atoms with Crippen molar-refractivity contribution in [2.75, 3.05) is 6.61 Å². The van der Waals surface area contributed by atoms with E-state index in [2.05, 4.69) is 5.10 Å². The maximum Gasteiger partial charge on any atom is 0.170 e. The Labute approximate surface area is 143 Å². The van der Waals surface area contributed by atoms with Crippen LogP contribution < -0.4 is 0 Å². The van der Waals surface area contributed by atoms with Gasteiger partial charge in [0.1, 0.15) is 0 Å². The molecule has 2 unspecified atom stereocenters. The molecule has 4 N–H and O–H groups in total. The van der Waals surface area contributed by atoms with E-state index in [1.807, 2.05) is 13.0 Å². The van der Waals surface area contributed by atoms with Gasteiger partial charge in [0.25, 0.3) is 0 Å². The van der Waals surface area contributed by atoms with Crippen LogP contribution in [0.2, 0.25) is 0 Å². The summed E-state index contributed by atoms with van der Waals surface area (Å²) in [5.74, 6) is -0.241. The Balaban J connectivity index is 3.30. The topological polar surface area (TPSA) is 96.5 Å². The second-order valence-electron chi connectivity index (χ2n) is 5.68. The van der Waals surface area contributed by atoms with Gasteiger partial charge in [-0.05, 0) is 32.4 Å². The van der Waals surface area contributed by atoms with E-state index < -0.39 is 12.3 Å². The molecule has 1 heterocycles. The average molecular weight is 336 g/mol. The molecule has 0 saturated heterocycles. The summed E-state index contributed by atoms with van der Waals surface area (Å²) in [5, 5.41) is 45.1. The average Bonchev–Trinajstić information content (AvgIpc) is 2.54. The van der Waals surface area contributed by atoms with Crippen LogP contribution in [0.25, 0.3) is 0 Å². The van der Waals surface area contributed by atoms with Gasteiger partial charge in [-0.15, -0.1) is 0 Å². The smallest absolute Gasteiger partial charge is 0.170 e. The van der Waals surface area contributed by atoms with Gasteiger partial charge < -0.3 is 20.4 Å². The summed E-state index contributed by atoms with van der Waals surface area (Å²) in [6.45, 7) is 5.28. The molecule has 0 aromatic rings. The minimum atomic E-state index is -1.16. The highest BCUT2D eigenvalue weighted by Gasteiger charge is 2.18. The molecule has 24 heavy (non-hydrogen) atoms. The molecular formula is C18H28N2O4. The standard InChI is InChI=1S/C18H28N2O4/c1-4-15-8-7-14(12-21)10-17(23)11-18(24)20(19-15)16(5-2)9-6-13(3)22/h5-9,11,13-14,18,21-24H,4,10,12H2,1-3H3/b8-7+,9-6-,16-5+,17-11-,19-15-/t13?,14-,18?/m1/s1. The van der Waals surface area contributed by atoms with Crippen LogP contribution in [0.3, 0.4) is 0 Å². The molecule has 0 aromatic heterocycles. The third-order valence-corrected chi connectivity index (χ3v) is 3.56. The van der Waals surface area contributed by atoms with Crippen molar-refractivity contribution < 1.29 is 20.4 Å². The molecule has 0 amide bonds. The van der Waals surface area contributed by atoms with Crippen LogP contribution in [0.15, 0.2) is 53.0 Å². The number of hydrazone groups is 1. The summed E-state index contributed by atoms with van der Waals surface area (Å²) < 4.78 is 0. The van der Waals surface area contributed by atoms with Gasteiger partial charge in [-0.3, -0.25) is 0 Å². The highest BCUT2D eigenvalue weighted by molar-refractivity contribution is 5.94. The van der Waals surface area contributed by atoms with E-state index in [0.717, 1.165) is 5.71 Å². The first-order valence-electron chi connectivity index (χ1n) is 8.17. The summed E-state index contributed by atoms with van der Waals surface area (Å²) in [5.41, 5.74) is 1.32. The highest BCUT2D eigenvalue weighted by Crippen LogP contribution is 2.19. The number of aliphatic hydroxyl groups is 4. The molecule has 134 valence electrons. The lowest BCUT2D eigenvalue weighted by Crippen LogP contribution is -2.30. The molecule has 3 atom stereocenters. The largest absolute Gasteiger partial charge is 0.512 e. The van der Waals surface area contributed by atoms with Gasteiger partial charge in [0.15, 0.2) is 6.23 Å². The zero-order chi connectivity index (χ0) is 18.1. The van der Waals surface area contributed by atoms with Crippen LogP contribution >= 0.6 is 0 Å². The van der Waals surface area contributed by atoms with Crippen LogP contribution in [-0.4, -0.2) is 50.1 Å².